The lowest BCUT2D eigenvalue weighted by Gasteiger charge is -2.20. The molecule has 0 fully saturated rings. The van der Waals surface area contributed by atoms with Crippen LogP contribution in [-0.2, 0) is 11.2 Å². The molecule has 0 aromatic heterocycles. The smallest absolute Gasteiger partial charge is 0.222 e. The van der Waals surface area contributed by atoms with Crippen molar-refractivity contribution in [1.82, 2.24) is 4.90 Å². The molecule has 0 N–H and O–H groups in total. The first kappa shape index (κ1) is 14.7. The Labute approximate surface area is 111 Å². The zero-order chi connectivity index (χ0) is 13.4. The van der Waals surface area contributed by atoms with Crippen molar-refractivity contribution in [3.8, 4) is 0 Å². The Kier molecular flexibility index (Phi) is 6.48. The summed E-state index contributed by atoms with van der Waals surface area (Å²) in [4.78, 5) is 14.0. The van der Waals surface area contributed by atoms with Crippen molar-refractivity contribution in [2.75, 3.05) is 13.1 Å². The molecule has 1 rings (SSSR count). The van der Waals surface area contributed by atoms with Gasteiger partial charge in [-0.05, 0) is 32.3 Å². The number of carbonyl (C=O) groups is 1. The molecular weight excluding hydrogens is 222 g/mol. The van der Waals surface area contributed by atoms with Crippen molar-refractivity contribution in [3.63, 3.8) is 0 Å². The van der Waals surface area contributed by atoms with Crippen LogP contribution in [0, 0.1) is 6.92 Å². The first-order chi connectivity index (χ1) is 8.67. The fourth-order valence-corrected chi connectivity index (χ4v) is 2.09. The first-order valence-electron chi connectivity index (χ1n) is 7.00. The number of carbonyl (C=O) groups excluding carboxylic acids is 1. The summed E-state index contributed by atoms with van der Waals surface area (Å²) >= 11 is 0. The lowest BCUT2D eigenvalue weighted by atomic mass is 10.1. The first-order valence-corrected chi connectivity index (χ1v) is 7.00. The Morgan fingerprint density at radius 2 is 2.06 bits per heavy atom. The molecule has 18 heavy (non-hydrogen) atoms. The van der Waals surface area contributed by atoms with E-state index in [0.29, 0.717) is 6.42 Å². The number of hydrogen-bond acceptors (Lipinski definition) is 1. The van der Waals surface area contributed by atoms with Crippen LogP contribution in [0.4, 0.5) is 0 Å². The zero-order valence-corrected chi connectivity index (χ0v) is 11.9. The van der Waals surface area contributed by atoms with Gasteiger partial charge in [0.15, 0.2) is 0 Å². The van der Waals surface area contributed by atoms with Gasteiger partial charge in [0.2, 0.25) is 5.91 Å². The molecule has 0 saturated heterocycles. The Hall–Kier alpha value is -1.31. The van der Waals surface area contributed by atoms with Crippen LogP contribution in [0.1, 0.15) is 44.2 Å². The minimum atomic E-state index is 0.285. The van der Waals surface area contributed by atoms with E-state index in [1.807, 2.05) is 4.90 Å². The topological polar surface area (TPSA) is 20.3 Å². The molecule has 2 heteroatoms. The highest BCUT2D eigenvalue weighted by atomic mass is 16.2. The van der Waals surface area contributed by atoms with Gasteiger partial charge in [-0.1, -0.05) is 43.2 Å². The SMILES string of the molecule is CCCCN(CC)C(=O)CCc1cccc(C)c1. The van der Waals surface area contributed by atoms with E-state index in [4.69, 9.17) is 0 Å². The van der Waals surface area contributed by atoms with Gasteiger partial charge in [-0.25, -0.2) is 0 Å². The molecule has 100 valence electrons. The van der Waals surface area contributed by atoms with Crippen molar-refractivity contribution < 1.29 is 4.79 Å². The minimum Gasteiger partial charge on any atom is -0.343 e. The van der Waals surface area contributed by atoms with Gasteiger partial charge in [-0.2, -0.15) is 0 Å². The van der Waals surface area contributed by atoms with Crippen LogP contribution in [0.5, 0.6) is 0 Å². The summed E-state index contributed by atoms with van der Waals surface area (Å²) in [6, 6.07) is 8.41. The summed E-state index contributed by atoms with van der Waals surface area (Å²) < 4.78 is 0. The van der Waals surface area contributed by atoms with E-state index in [2.05, 4.69) is 45.0 Å². The monoisotopic (exact) mass is 247 g/mol. The third-order valence-corrected chi connectivity index (χ3v) is 3.23. The maximum Gasteiger partial charge on any atom is 0.222 e. The summed E-state index contributed by atoms with van der Waals surface area (Å²) in [5.41, 5.74) is 2.52. The maximum atomic E-state index is 12.1. The van der Waals surface area contributed by atoms with Crippen LogP contribution in [-0.4, -0.2) is 23.9 Å². The molecule has 1 aromatic carbocycles. The molecule has 0 spiro atoms. The van der Waals surface area contributed by atoms with Crippen LogP contribution in [0.3, 0.4) is 0 Å². The van der Waals surface area contributed by atoms with Crippen molar-refractivity contribution >= 4 is 5.91 Å². The predicted octanol–water partition coefficient (Wildman–Crippen LogP) is 3.58. The van der Waals surface area contributed by atoms with Gasteiger partial charge in [-0.3, -0.25) is 4.79 Å². The van der Waals surface area contributed by atoms with Crippen molar-refractivity contribution in [3.05, 3.63) is 35.4 Å². The third-order valence-electron chi connectivity index (χ3n) is 3.23. The van der Waals surface area contributed by atoms with Gasteiger partial charge in [-0.15, -0.1) is 0 Å². The lowest BCUT2D eigenvalue weighted by molar-refractivity contribution is -0.131. The van der Waals surface area contributed by atoms with Crippen LogP contribution >= 0.6 is 0 Å². The van der Waals surface area contributed by atoms with Gasteiger partial charge in [0.05, 0.1) is 0 Å². The molecule has 0 radical (unpaired) electrons. The average Bonchev–Trinajstić information content (AvgIpc) is 2.37. The molecule has 0 atom stereocenters. The summed E-state index contributed by atoms with van der Waals surface area (Å²) in [6.07, 6.45) is 3.72. The van der Waals surface area contributed by atoms with E-state index in [1.165, 1.54) is 11.1 Å². The van der Waals surface area contributed by atoms with E-state index in [-0.39, 0.29) is 5.91 Å². The van der Waals surface area contributed by atoms with Crippen molar-refractivity contribution in [2.24, 2.45) is 0 Å². The molecular formula is C16H25NO. The molecule has 0 unspecified atom stereocenters. The number of hydrogen-bond donors (Lipinski definition) is 0. The second kappa shape index (κ2) is 7.91. The van der Waals surface area contributed by atoms with Crippen LogP contribution in [0.25, 0.3) is 0 Å². The number of nitrogens with zero attached hydrogens (tertiary/aromatic N) is 1. The maximum absolute atomic E-state index is 12.1. The number of rotatable bonds is 7. The third kappa shape index (κ3) is 4.91. The fraction of sp³-hybridized carbons (Fsp3) is 0.562. The number of amides is 1. The summed E-state index contributed by atoms with van der Waals surface area (Å²) in [7, 11) is 0. The highest BCUT2D eigenvalue weighted by Crippen LogP contribution is 2.08. The van der Waals surface area contributed by atoms with Crippen LogP contribution in [0.15, 0.2) is 24.3 Å². The second-order valence-corrected chi connectivity index (χ2v) is 4.82. The molecule has 0 heterocycles. The van der Waals surface area contributed by atoms with Crippen LogP contribution < -0.4 is 0 Å². The molecule has 1 amide bonds. The van der Waals surface area contributed by atoms with Crippen molar-refractivity contribution in [1.29, 1.82) is 0 Å². The van der Waals surface area contributed by atoms with Gasteiger partial charge >= 0.3 is 0 Å². The Morgan fingerprint density at radius 3 is 2.67 bits per heavy atom. The number of unbranched alkanes of at least 4 members (excludes halogenated alkanes) is 1. The summed E-state index contributed by atoms with van der Waals surface area (Å²) in [5, 5.41) is 0. The average molecular weight is 247 g/mol. The molecule has 0 saturated carbocycles. The van der Waals surface area contributed by atoms with Crippen LogP contribution in [0.2, 0.25) is 0 Å². The molecule has 1 aromatic rings. The summed E-state index contributed by atoms with van der Waals surface area (Å²) in [5.74, 6) is 0.285. The lowest BCUT2D eigenvalue weighted by Crippen LogP contribution is -2.31. The molecule has 2 nitrogen and oxygen atoms in total. The van der Waals surface area contributed by atoms with Gasteiger partial charge in [0.25, 0.3) is 0 Å². The quantitative estimate of drug-likeness (QED) is 0.721. The standard InChI is InChI=1S/C16H25NO/c1-4-6-12-17(5-2)16(18)11-10-15-9-7-8-14(3)13-15/h7-9,13H,4-6,10-12H2,1-3H3. The van der Waals surface area contributed by atoms with E-state index < -0.39 is 0 Å². The molecule has 0 aliphatic rings. The van der Waals surface area contributed by atoms with Crippen molar-refractivity contribution in [2.45, 2.75) is 46.5 Å². The molecule has 0 aliphatic carbocycles. The Morgan fingerprint density at radius 1 is 1.28 bits per heavy atom. The molecule has 0 bridgehead atoms. The molecule has 0 aliphatic heterocycles. The van der Waals surface area contributed by atoms with Gasteiger partial charge < -0.3 is 4.90 Å². The number of benzene rings is 1. The Bertz CT molecular complexity index is 373. The Balaban J connectivity index is 2.44. The predicted molar refractivity (Wildman–Crippen MR) is 76.7 cm³/mol. The number of aryl methyl sites for hydroxylation is 2. The summed E-state index contributed by atoms with van der Waals surface area (Å²) in [6.45, 7) is 8.03. The fourth-order valence-electron chi connectivity index (χ4n) is 2.09. The van der Waals surface area contributed by atoms with E-state index in [9.17, 15) is 4.79 Å². The minimum absolute atomic E-state index is 0.285. The van der Waals surface area contributed by atoms with E-state index in [1.54, 1.807) is 0 Å². The largest absolute Gasteiger partial charge is 0.343 e. The van der Waals surface area contributed by atoms with Gasteiger partial charge in [0.1, 0.15) is 0 Å². The van der Waals surface area contributed by atoms with E-state index in [0.717, 1.165) is 32.4 Å². The normalized spacial score (nSPS) is 10.4. The highest BCUT2D eigenvalue weighted by Gasteiger charge is 2.10. The zero-order valence-electron chi connectivity index (χ0n) is 11.9. The highest BCUT2D eigenvalue weighted by molar-refractivity contribution is 5.76. The van der Waals surface area contributed by atoms with E-state index >= 15 is 0 Å². The second-order valence-electron chi connectivity index (χ2n) is 4.82. The van der Waals surface area contributed by atoms with Gasteiger partial charge in [0, 0.05) is 19.5 Å².